The van der Waals surface area contributed by atoms with Gasteiger partial charge in [-0.1, -0.05) is 60.5 Å². The molecule has 118 valence electrons. The number of aliphatic hydroxyl groups is 1. The largest absolute Gasteiger partial charge is 0.395 e. The van der Waals surface area contributed by atoms with Crippen molar-refractivity contribution in [2.45, 2.75) is 39.2 Å². The average Bonchev–Trinajstić information content (AvgIpc) is 2.51. The molecule has 0 amide bonds. The van der Waals surface area contributed by atoms with E-state index in [9.17, 15) is 5.11 Å². The third-order valence-corrected chi connectivity index (χ3v) is 4.13. The van der Waals surface area contributed by atoms with E-state index in [2.05, 4.69) is 68.7 Å². The lowest BCUT2D eigenvalue weighted by atomic mass is 9.83. The molecule has 2 rings (SSSR count). The van der Waals surface area contributed by atoms with Crippen LogP contribution in [0.25, 0.3) is 0 Å². The molecule has 1 unspecified atom stereocenters. The van der Waals surface area contributed by atoms with Crippen LogP contribution in [0.5, 0.6) is 0 Å². The Hall–Kier alpha value is -1.68. The quantitative estimate of drug-likeness (QED) is 0.568. The van der Waals surface area contributed by atoms with Crippen molar-refractivity contribution in [3.05, 3.63) is 70.3 Å². The monoisotopic (exact) mass is 298 g/mol. The van der Waals surface area contributed by atoms with Crippen molar-refractivity contribution in [3.8, 4) is 0 Å². The summed E-state index contributed by atoms with van der Waals surface area (Å²) in [5.74, 6) is 5.72. The Morgan fingerprint density at radius 2 is 1.73 bits per heavy atom. The topological polar surface area (TPSA) is 58.3 Å². The second-order valence-electron chi connectivity index (χ2n) is 5.95. The summed E-state index contributed by atoms with van der Waals surface area (Å²) < 4.78 is 0. The highest BCUT2D eigenvalue weighted by Crippen LogP contribution is 2.30. The van der Waals surface area contributed by atoms with E-state index in [0.29, 0.717) is 0 Å². The van der Waals surface area contributed by atoms with Crippen LogP contribution in [0.1, 0.15) is 40.7 Å². The van der Waals surface area contributed by atoms with Crippen LogP contribution in [0.15, 0.2) is 42.5 Å². The van der Waals surface area contributed by atoms with E-state index in [1.807, 2.05) is 0 Å². The number of hydrogen-bond acceptors (Lipinski definition) is 3. The molecule has 0 aliphatic heterocycles. The van der Waals surface area contributed by atoms with Gasteiger partial charge in [0.25, 0.3) is 0 Å². The molecule has 0 fully saturated rings. The Kier molecular flexibility index (Phi) is 5.72. The molecule has 0 bridgehead atoms. The second kappa shape index (κ2) is 7.54. The van der Waals surface area contributed by atoms with E-state index < -0.39 is 0 Å². The van der Waals surface area contributed by atoms with Gasteiger partial charge in [-0.05, 0) is 37.0 Å². The van der Waals surface area contributed by atoms with Crippen LogP contribution in [-0.2, 0) is 6.42 Å². The van der Waals surface area contributed by atoms with Crippen molar-refractivity contribution >= 4 is 0 Å². The first-order chi connectivity index (χ1) is 10.6. The van der Waals surface area contributed by atoms with Crippen molar-refractivity contribution in [1.29, 1.82) is 0 Å². The van der Waals surface area contributed by atoms with Crippen LogP contribution < -0.4 is 11.3 Å². The first kappa shape index (κ1) is 16.7. The fourth-order valence-corrected chi connectivity index (χ4v) is 3.11. The highest BCUT2D eigenvalue weighted by molar-refractivity contribution is 5.40. The second-order valence-corrected chi connectivity index (χ2v) is 5.95. The summed E-state index contributed by atoms with van der Waals surface area (Å²) in [5.41, 5.74) is 8.88. The van der Waals surface area contributed by atoms with E-state index in [-0.39, 0.29) is 18.6 Å². The molecule has 0 aromatic heterocycles. The van der Waals surface area contributed by atoms with Crippen molar-refractivity contribution in [3.63, 3.8) is 0 Å². The summed E-state index contributed by atoms with van der Waals surface area (Å²) in [5, 5.41) is 9.74. The number of hydrazine groups is 1. The molecule has 0 radical (unpaired) electrons. The third-order valence-electron chi connectivity index (χ3n) is 4.13. The summed E-state index contributed by atoms with van der Waals surface area (Å²) in [7, 11) is 0. The molecular formula is C19H26N2O. The summed E-state index contributed by atoms with van der Waals surface area (Å²) >= 11 is 0. The minimum atomic E-state index is -0.215. The maximum Gasteiger partial charge on any atom is 0.0607 e. The van der Waals surface area contributed by atoms with Gasteiger partial charge in [-0.3, -0.25) is 11.3 Å². The fraction of sp³-hybridized carbons (Fsp3) is 0.368. The normalized spacial score (nSPS) is 13.9. The van der Waals surface area contributed by atoms with Gasteiger partial charge in [-0.15, -0.1) is 0 Å². The first-order valence-electron chi connectivity index (χ1n) is 7.83. The van der Waals surface area contributed by atoms with Crippen molar-refractivity contribution in [2.75, 3.05) is 6.61 Å². The average molecular weight is 298 g/mol. The van der Waals surface area contributed by atoms with Crippen LogP contribution in [0.3, 0.4) is 0 Å². The van der Waals surface area contributed by atoms with Gasteiger partial charge in [0.15, 0.2) is 0 Å². The number of nitrogens with two attached hydrogens (primary N) is 1. The summed E-state index contributed by atoms with van der Waals surface area (Å²) in [4.78, 5) is 0. The SMILES string of the molecule is CCc1cccc(C(c2cc(C)cc(C)c2)[C@@H](CO)NN)c1. The Balaban J connectivity index is 2.54. The molecule has 4 N–H and O–H groups in total. The zero-order valence-electron chi connectivity index (χ0n) is 13.6. The van der Waals surface area contributed by atoms with Crippen LogP contribution in [-0.4, -0.2) is 17.8 Å². The van der Waals surface area contributed by atoms with Crippen molar-refractivity contribution in [2.24, 2.45) is 5.84 Å². The molecule has 0 saturated carbocycles. The molecule has 0 aliphatic rings. The van der Waals surface area contributed by atoms with Crippen molar-refractivity contribution in [1.82, 2.24) is 5.43 Å². The Morgan fingerprint density at radius 1 is 1.05 bits per heavy atom. The lowest BCUT2D eigenvalue weighted by molar-refractivity contribution is 0.232. The molecule has 0 heterocycles. The molecule has 0 aliphatic carbocycles. The van der Waals surface area contributed by atoms with Gasteiger partial charge < -0.3 is 5.11 Å². The summed E-state index contributed by atoms with van der Waals surface area (Å²) in [6, 6.07) is 14.8. The number of rotatable bonds is 6. The molecule has 2 atom stereocenters. The number of nitrogens with one attached hydrogen (secondary N) is 1. The fourth-order valence-electron chi connectivity index (χ4n) is 3.11. The van der Waals surface area contributed by atoms with Crippen LogP contribution in [0.4, 0.5) is 0 Å². The smallest absolute Gasteiger partial charge is 0.0607 e. The number of hydrogen-bond donors (Lipinski definition) is 3. The van der Waals surface area contributed by atoms with E-state index in [4.69, 9.17) is 5.84 Å². The van der Waals surface area contributed by atoms with E-state index in [1.165, 1.54) is 27.8 Å². The minimum absolute atomic E-state index is 0.00942. The molecular weight excluding hydrogens is 272 g/mol. The van der Waals surface area contributed by atoms with Gasteiger partial charge in [-0.25, -0.2) is 0 Å². The first-order valence-corrected chi connectivity index (χ1v) is 7.83. The molecule has 22 heavy (non-hydrogen) atoms. The molecule has 3 nitrogen and oxygen atoms in total. The predicted molar refractivity (Wildman–Crippen MR) is 91.8 cm³/mol. The van der Waals surface area contributed by atoms with Gasteiger partial charge in [0.1, 0.15) is 0 Å². The van der Waals surface area contributed by atoms with E-state index >= 15 is 0 Å². The third kappa shape index (κ3) is 3.74. The van der Waals surface area contributed by atoms with Gasteiger partial charge >= 0.3 is 0 Å². The summed E-state index contributed by atoms with van der Waals surface area (Å²) in [6.45, 7) is 6.33. The molecule has 2 aromatic rings. The lowest BCUT2D eigenvalue weighted by Crippen LogP contribution is -2.43. The highest BCUT2D eigenvalue weighted by atomic mass is 16.3. The molecule has 0 spiro atoms. The standard InChI is InChI=1S/C19H26N2O/c1-4-15-6-5-7-16(11-15)19(18(12-22)21-20)17-9-13(2)8-14(3)10-17/h5-11,18-19,21-22H,4,12,20H2,1-3H3/t18-,19?/m1/s1. The maximum absolute atomic E-state index is 9.74. The van der Waals surface area contributed by atoms with Gasteiger partial charge in [0.05, 0.1) is 12.6 Å². The van der Waals surface area contributed by atoms with Gasteiger partial charge in [-0.2, -0.15) is 0 Å². The number of benzene rings is 2. The lowest BCUT2D eigenvalue weighted by Gasteiger charge is -2.27. The zero-order valence-corrected chi connectivity index (χ0v) is 13.6. The van der Waals surface area contributed by atoms with E-state index in [0.717, 1.165) is 6.42 Å². The van der Waals surface area contributed by atoms with Crippen LogP contribution in [0.2, 0.25) is 0 Å². The van der Waals surface area contributed by atoms with Crippen LogP contribution in [0, 0.1) is 13.8 Å². The Morgan fingerprint density at radius 3 is 2.27 bits per heavy atom. The number of aliphatic hydroxyl groups excluding tert-OH is 1. The van der Waals surface area contributed by atoms with Gasteiger partial charge in [0, 0.05) is 5.92 Å². The minimum Gasteiger partial charge on any atom is -0.395 e. The molecule has 3 heteroatoms. The zero-order chi connectivity index (χ0) is 16.1. The molecule has 0 saturated heterocycles. The van der Waals surface area contributed by atoms with Crippen molar-refractivity contribution < 1.29 is 5.11 Å². The number of aryl methyl sites for hydroxylation is 3. The van der Waals surface area contributed by atoms with Gasteiger partial charge in [0.2, 0.25) is 0 Å². The highest BCUT2D eigenvalue weighted by Gasteiger charge is 2.24. The maximum atomic E-state index is 9.74. The Labute approximate surface area is 133 Å². The Bertz CT molecular complexity index is 600. The molecule has 2 aromatic carbocycles. The van der Waals surface area contributed by atoms with E-state index in [1.54, 1.807) is 0 Å². The predicted octanol–water partition coefficient (Wildman–Crippen LogP) is 2.82. The van der Waals surface area contributed by atoms with Crippen LogP contribution >= 0.6 is 0 Å². The summed E-state index contributed by atoms with van der Waals surface area (Å²) in [6.07, 6.45) is 0.993.